The van der Waals surface area contributed by atoms with Crippen molar-refractivity contribution in [2.75, 3.05) is 6.54 Å². The topological polar surface area (TPSA) is 109 Å². The van der Waals surface area contributed by atoms with Gasteiger partial charge in [0.15, 0.2) is 5.65 Å². The van der Waals surface area contributed by atoms with Crippen LogP contribution in [0.5, 0.6) is 0 Å². The molecule has 0 bridgehead atoms. The molecule has 8 nitrogen and oxygen atoms in total. The maximum atomic E-state index is 13.1. The van der Waals surface area contributed by atoms with Crippen LogP contribution >= 0.6 is 0 Å². The Morgan fingerprint density at radius 1 is 1.26 bits per heavy atom. The minimum Gasteiger partial charge on any atom is -0.465 e. The van der Waals surface area contributed by atoms with Crippen LogP contribution < -0.4 is 10.6 Å². The van der Waals surface area contributed by atoms with E-state index < -0.39 is 42.6 Å². The third kappa shape index (κ3) is 4.69. The van der Waals surface area contributed by atoms with Crippen LogP contribution in [0.15, 0.2) is 18.3 Å². The van der Waals surface area contributed by atoms with Crippen molar-refractivity contribution < 1.29 is 27.9 Å². The van der Waals surface area contributed by atoms with Gasteiger partial charge < -0.3 is 15.7 Å². The highest BCUT2D eigenvalue weighted by Crippen LogP contribution is 2.58. The van der Waals surface area contributed by atoms with Crippen LogP contribution in [0.2, 0.25) is 0 Å². The molecule has 3 atom stereocenters. The van der Waals surface area contributed by atoms with E-state index in [0.29, 0.717) is 22.5 Å². The van der Waals surface area contributed by atoms with Gasteiger partial charge in [-0.1, -0.05) is 0 Å². The molecule has 1 saturated heterocycles. The molecule has 3 N–H and O–H groups in total. The number of halogens is 3. The Bertz CT molecular complexity index is 1090. The van der Waals surface area contributed by atoms with E-state index in [-0.39, 0.29) is 18.8 Å². The van der Waals surface area contributed by atoms with Crippen molar-refractivity contribution in [3.8, 4) is 0 Å². The van der Waals surface area contributed by atoms with Crippen molar-refractivity contribution in [2.45, 2.75) is 63.6 Å². The highest BCUT2D eigenvalue weighted by atomic mass is 19.4. The third-order valence-corrected chi connectivity index (χ3v) is 7.89. The molecule has 5 rings (SSSR count). The molecule has 0 aromatic carbocycles. The predicted molar refractivity (Wildman–Crippen MR) is 115 cm³/mol. The van der Waals surface area contributed by atoms with Gasteiger partial charge in [0.05, 0.1) is 29.5 Å². The highest BCUT2D eigenvalue weighted by molar-refractivity contribution is 5.79. The summed E-state index contributed by atoms with van der Waals surface area (Å²) < 4.78 is 40.9. The molecule has 3 fully saturated rings. The first-order chi connectivity index (χ1) is 16.1. The molecule has 1 spiro atoms. The summed E-state index contributed by atoms with van der Waals surface area (Å²) in [5, 5.41) is 18.9. The van der Waals surface area contributed by atoms with Gasteiger partial charge in [-0.25, -0.2) is 14.3 Å². The number of alkyl halides is 3. The summed E-state index contributed by atoms with van der Waals surface area (Å²) >= 11 is 0. The van der Waals surface area contributed by atoms with Gasteiger partial charge in [0.2, 0.25) is 5.91 Å². The molecule has 3 heterocycles. The monoisotopic (exact) mass is 479 g/mol. The Morgan fingerprint density at radius 3 is 2.65 bits per heavy atom. The second-order valence-electron chi connectivity index (χ2n) is 10.2. The molecular formula is C23H28F3N5O3. The summed E-state index contributed by atoms with van der Waals surface area (Å²) in [5.41, 5.74) is 2.06. The number of rotatable bonds is 5. The van der Waals surface area contributed by atoms with E-state index in [9.17, 15) is 27.9 Å². The fourth-order valence-electron chi connectivity index (χ4n) is 5.61. The lowest BCUT2D eigenvalue weighted by Gasteiger charge is -2.33. The average Bonchev–Trinajstić information content (AvgIpc) is 3.39. The van der Waals surface area contributed by atoms with Crippen molar-refractivity contribution in [1.82, 2.24) is 25.2 Å². The number of amides is 2. The van der Waals surface area contributed by atoms with Gasteiger partial charge in [-0.15, -0.1) is 0 Å². The van der Waals surface area contributed by atoms with Gasteiger partial charge in [-0.2, -0.15) is 18.3 Å². The quantitative estimate of drug-likeness (QED) is 0.604. The van der Waals surface area contributed by atoms with Crippen molar-refractivity contribution >= 4 is 17.6 Å². The first kappa shape index (κ1) is 22.9. The van der Waals surface area contributed by atoms with Crippen LogP contribution in [0, 0.1) is 23.2 Å². The van der Waals surface area contributed by atoms with Crippen LogP contribution in [-0.4, -0.2) is 44.4 Å². The van der Waals surface area contributed by atoms with Gasteiger partial charge in [0, 0.05) is 18.9 Å². The summed E-state index contributed by atoms with van der Waals surface area (Å²) in [6.45, 7) is -0.392. The molecule has 11 heteroatoms. The molecular weight excluding hydrogens is 451 g/mol. The number of hydrogen-bond acceptors (Lipinski definition) is 4. The van der Waals surface area contributed by atoms with Crippen molar-refractivity contribution in [3.63, 3.8) is 0 Å². The first-order valence-corrected chi connectivity index (χ1v) is 11.8. The maximum Gasteiger partial charge on any atom is 0.405 e. The van der Waals surface area contributed by atoms with E-state index in [2.05, 4.69) is 20.7 Å². The maximum absolute atomic E-state index is 13.1. The molecule has 2 aromatic rings. The lowest BCUT2D eigenvalue weighted by atomic mass is 9.76. The molecule has 3 aliphatic rings. The minimum absolute atomic E-state index is 0.0867. The molecule has 2 aromatic heterocycles. The summed E-state index contributed by atoms with van der Waals surface area (Å²) in [4.78, 5) is 28.3. The molecule has 2 aliphatic carbocycles. The lowest BCUT2D eigenvalue weighted by Crippen LogP contribution is -2.47. The van der Waals surface area contributed by atoms with Gasteiger partial charge >= 0.3 is 12.3 Å². The molecule has 0 radical (unpaired) electrons. The standard InChI is InChI=1S/C23H28F3N5O3/c24-23(25,26)15-9-14(20(32)27-11-15)10-16-1-2-18-28-17(12-31(18)30-16)19(29-21(33)34)13-3-5-22(6-4-13)7-8-22/h1-2,12-15,19,29H,3-11H2,(H,27,32)(H,33,34)/t14?,15-,19?/m1/s1. The number of piperidine rings is 1. The van der Waals surface area contributed by atoms with E-state index in [0.717, 1.165) is 25.7 Å². The summed E-state index contributed by atoms with van der Waals surface area (Å²) in [5.74, 6) is -2.62. The Hall–Kier alpha value is -2.85. The van der Waals surface area contributed by atoms with Crippen LogP contribution in [0.25, 0.3) is 5.65 Å². The third-order valence-electron chi connectivity index (χ3n) is 7.89. The number of carbonyl (C=O) groups is 2. The Balaban J connectivity index is 1.34. The normalized spacial score (nSPS) is 25.8. The van der Waals surface area contributed by atoms with E-state index in [1.54, 1.807) is 18.3 Å². The number of aromatic nitrogens is 3. The van der Waals surface area contributed by atoms with Crippen LogP contribution in [0.3, 0.4) is 0 Å². The average molecular weight is 480 g/mol. The van der Waals surface area contributed by atoms with Gasteiger partial charge in [-0.05, 0) is 68.4 Å². The van der Waals surface area contributed by atoms with Crippen LogP contribution in [0.1, 0.15) is 62.4 Å². The smallest absolute Gasteiger partial charge is 0.405 e. The van der Waals surface area contributed by atoms with Crippen LogP contribution in [-0.2, 0) is 11.2 Å². The number of carboxylic acid groups (broad SMARTS) is 1. The fraction of sp³-hybridized carbons (Fsp3) is 0.652. The number of nitrogens with zero attached hydrogens (tertiary/aromatic N) is 3. The van der Waals surface area contributed by atoms with Gasteiger partial charge in [0.25, 0.3) is 0 Å². The predicted octanol–water partition coefficient (Wildman–Crippen LogP) is 3.87. The number of carbonyl (C=O) groups excluding carboxylic acids is 1. The largest absolute Gasteiger partial charge is 0.465 e. The molecule has 2 unspecified atom stereocenters. The van der Waals surface area contributed by atoms with Crippen molar-refractivity contribution in [1.29, 1.82) is 0 Å². The molecule has 34 heavy (non-hydrogen) atoms. The summed E-state index contributed by atoms with van der Waals surface area (Å²) in [7, 11) is 0. The lowest BCUT2D eigenvalue weighted by molar-refractivity contribution is -0.183. The second-order valence-corrected chi connectivity index (χ2v) is 10.2. The molecule has 1 aliphatic heterocycles. The Morgan fingerprint density at radius 2 is 2.00 bits per heavy atom. The minimum atomic E-state index is -4.35. The van der Waals surface area contributed by atoms with E-state index in [1.165, 1.54) is 17.4 Å². The molecule has 2 saturated carbocycles. The summed E-state index contributed by atoms with van der Waals surface area (Å²) in [6, 6.07) is 2.91. The Labute approximate surface area is 194 Å². The van der Waals surface area contributed by atoms with Gasteiger partial charge in [0.1, 0.15) is 0 Å². The number of nitrogens with one attached hydrogen (secondary N) is 2. The first-order valence-electron chi connectivity index (χ1n) is 11.8. The number of fused-ring (bicyclic) bond motifs is 1. The van der Waals surface area contributed by atoms with Crippen molar-refractivity contribution in [2.24, 2.45) is 23.2 Å². The fourth-order valence-corrected chi connectivity index (χ4v) is 5.61. The van der Waals surface area contributed by atoms with Crippen molar-refractivity contribution in [3.05, 3.63) is 29.7 Å². The van der Waals surface area contributed by atoms with Gasteiger partial charge in [-0.3, -0.25) is 4.79 Å². The zero-order valence-corrected chi connectivity index (χ0v) is 18.6. The van der Waals surface area contributed by atoms with E-state index >= 15 is 0 Å². The Kier molecular flexibility index (Phi) is 5.68. The molecule has 2 amide bonds. The SMILES string of the molecule is O=C(O)NC(c1cn2nc(CC3C[C@@H](C(F)(F)F)CNC3=O)ccc2n1)C1CCC2(CC1)CC2. The van der Waals surface area contributed by atoms with E-state index in [4.69, 9.17) is 0 Å². The number of hydrogen-bond donors (Lipinski definition) is 3. The summed E-state index contributed by atoms with van der Waals surface area (Å²) in [6.07, 6.45) is 2.66. The zero-order chi connectivity index (χ0) is 24.1. The van der Waals surface area contributed by atoms with E-state index in [1.807, 2.05) is 0 Å². The van der Waals surface area contributed by atoms with Crippen LogP contribution in [0.4, 0.5) is 18.0 Å². The second kappa shape index (κ2) is 8.42. The molecule has 184 valence electrons. The highest BCUT2D eigenvalue weighted by Gasteiger charge is 2.47. The zero-order valence-electron chi connectivity index (χ0n) is 18.6. The number of imidazole rings is 1.